The molecule has 0 aliphatic carbocycles. The van der Waals surface area contributed by atoms with Crippen molar-refractivity contribution in [2.75, 3.05) is 32.6 Å². The number of nitrogens with zero attached hydrogens (tertiary/aromatic N) is 3. The molecule has 1 aromatic heterocycles. The van der Waals surface area contributed by atoms with Crippen molar-refractivity contribution in [2.45, 2.75) is 31.6 Å². The van der Waals surface area contributed by atoms with Gasteiger partial charge >= 0.3 is 0 Å². The zero-order valence-corrected chi connectivity index (χ0v) is 16.3. The number of hydrogen-bond donors (Lipinski definition) is 0. The summed E-state index contributed by atoms with van der Waals surface area (Å²) in [5, 5.41) is 4.17. The van der Waals surface area contributed by atoms with Crippen molar-refractivity contribution in [3.8, 4) is 11.5 Å². The van der Waals surface area contributed by atoms with Gasteiger partial charge in [-0.05, 0) is 50.5 Å². The van der Waals surface area contributed by atoms with Crippen LogP contribution in [0.2, 0.25) is 0 Å². The van der Waals surface area contributed by atoms with Crippen LogP contribution in [0.4, 0.5) is 4.39 Å². The molecule has 27 heavy (non-hydrogen) atoms. The molecule has 1 saturated heterocycles. The average molecular weight is 397 g/mol. The Hall–Kier alpha value is -1.84. The predicted octanol–water partition coefficient (Wildman–Crippen LogP) is 2.60. The lowest BCUT2D eigenvalue weighted by Gasteiger charge is -2.39. The first-order valence-corrected chi connectivity index (χ1v) is 10.6. The van der Waals surface area contributed by atoms with E-state index in [1.165, 1.54) is 16.4 Å². The second-order valence-electron chi connectivity index (χ2n) is 6.75. The van der Waals surface area contributed by atoms with Crippen molar-refractivity contribution in [2.24, 2.45) is 0 Å². The fourth-order valence-corrected chi connectivity index (χ4v) is 4.51. The van der Waals surface area contributed by atoms with Crippen LogP contribution in [0.5, 0.6) is 0 Å². The van der Waals surface area contributed by atoms with Crippen LogP contribution in [0.3, 0.4) is 0 Å². The van der Waals surface area contributed by atoms with E-state index in [1.807, 2.05) is 0 Å². The number of hydrogen-bond acceptors (Lipinski definition) is 6. The Morgan fingerprint density at radius 3 is 2.52 bits per heavy atom. The minimum Gasteiger partial charge on any atom is -0.385 e. The van der Waals surface area contributed by atoms with E-state index in [0.717, 1.165) is 0 Å². The molecule has 0 amide bonds. The maximum absolute atomic E-state index is 13.1. The number of benzene rings is 1. The molecular weight excluding hydrogens is 373 g/mol. The van der Waals surface area contributed by atoms with Gasteiger partial charge in [0, 0.05) is 37.8 Å². The van der Waals surface area contributed by atoms with Crippen molar-refractivity contribution in [1.82, 2.24) is 14.4 Å². The van der Waals surface area contributed by atoms with Crippen LogP contribution in [0.25, 0.3) is 11.5 Å². The van der Waals surface area contributed by atoms with Crippen LogP contribution in [0.1, 0.15) is 32.0 Å². The van der Waals surface area contributed by atoms with Crippen LogP contribution in [-0.2, 0) is 20.2 Å². The van der Waals surface area contributed by atoms with Crippen LogP contribution in [0, 0.1) is 5.82 Å². The molecule has 0 bridgehead atoms. The molecule has 2 aromatic rings. The first-order chi connectivity index (χ1) is 12.9. The quantitative estimate of drug-likeness (QED) is 0.714. The van der Waals surface area contributed by atoms with Gasteiger partial charge in [0.05, 0.1) is 5.75 Å². The maximum Gasteiger partial charge on any atom is 0.257 e. The number of methoxy groups -OCH3 is 1. The Kier molecular flexibility index (Phi) is 5.92. The van der Waals surface area contributed by atoms with Crippen LogP contribution in [0.15, 0.2) is 28.8 Å². The summed E-state index contributed by atoms with van der Waals surface area (Å²) in [6.07, 6.45) is 1.86. The zero-order valence-electron chi connectivity index (χ0n) is 15.5. The van der Waals surface area contributed by atoms with Crippen LogP contribution >= 0.6 is 0 Å². The van der Waals surface area contributed by atoms with Gasteiger partial charge in [-0.1, -0.05) is 5.16 Å². The second-order valence-corrected chi connectivity index (χ2v) is 9.01. The summed E-state index contributed by atoms with van der Waals surface area (Å²) >= 11 is 0. The Morgan fingerprint density at radius 2 is 1.93 bits per heavy atom. The van der Waals surface area contributed by atoms with E-state index in [2.05, 4.69) is 10.1 Å². The van der Waals surface area contributed by atoms with Gasteiger partial charge in [0.2, 0.25) is 10.0 Å². The van der Waals surface area contributed by atoms with Crippen LogP contribution in [-0.4, -0.2) is 55.4 Å². The van der Waals surface area contributed by atoms with Gasteiger partial charge in [-0.15, -0.1) is 0 Å². The number of sulfonamides is 1. The van der Waals surface area contributed by atoms with Gasteiger partial charge < -0.3 is 9.26 Å². The number of piperidine rings is 1. The Balaban J connectivity index is 1.85. The summed E-state index contributed by atoms with van der Waals surface area (Å²) in [4.78, 5) is 4.54. The fourth-order valence-electron chi connectivity index (χ4n) is 3.41. The van der Waals surface area contributed by atoms with E-state index < -0.39 is 15.4 Å². The van der Waals surface area contributed by atoms with Gasteiger partial charge in [0.1, 0.15) is 5.82 Å². The minimum atomic E-state index is -3.21. The Morgan fingerprint density at radius 1 is 1.26 bits per heavy atom. The Bertz CT molecular complexity index is 859. The smallest absolute Gasteiger partial charge is 0.257 e. The molecule has 3 rings (SSSR count). The first kappa shape index (κ1) is 19.9. The third kappa shape index (κ3) is 4.20. The molecule has 0 spiro atoms. The van der Waals surface area contributed by atoms with E-state index >= 15 is 0 Å². The molecule has 0 radical (unpaired) electrons. The molecule has 7 nitrogen and oxygen atoms in total. The largest absolute Gasteiger partial charge is 0.385 e. The topological polar surface area (TPSA) is 85.5 Å². The Labute approximate surface area is 158 Å². The van der Waals surface area contributed by atoms with Crippen molar-refractivity contribution in [1.29, 1.82) is 0 Å². The van der Waals surface area contributed by atoms with E-state index in [1.54, 1.807) is 26.2 Å². The third-order valence-corrected chi connectivity index (χ3v) is 7.10. The third-order valence-electron chi connectivity index (χ3n) is 5.21. The summed E-state index contributed by atoms with van der Waals surface area (Å²) in [5.41, 5.74) is 0.236. The van der Waals surface area contributed by atoms with E-state index in [-0.39, 0.29) is 11.6 Å². The highest BCUT2D eigenvalue weighted by atomic mass is 32.2. The highest BCUT2D eigenvalue weighted by Gasteiger charge is 2.42. The number of rotatable bonds is 7. The van der Waals surface area contributed by atoms with E-state index in [0.29, 0.717) is 56.2 Å². The average Bonchev–Trinajstić information content (AvgIpc) is 3.18. The number of halogens is 1. The molecule has 0 unspecified atom stereocenters. The van der Waals surface area contributed by atoms with E-state index in [4.69, 9.17) is 9.26 Å². The van der Waals surface area contributed by atoms with Gasteiger partial charge in [0.15, 0.2) is 5.82 Å². The molecule has 0 saturated carbocycles. The molecule has 2 heterocycles. The second kappa shape index (κ2) is 8.04. The van der Waals surface area contributed by atoms with E-state index in [9.17, 15) is 12.8 Å². The molecule has 9 heteroatoms. The normalized spacial score (nSPS) is 17.9. The lowest BCUT2D eigenvalue weighted by atomic mass is 9.75. The van der Waals surface area contributed by atoms with Gasteiger partial charge in [-0.3, -0.25) is 0 Å². The number of ether oxygens (including phenoxy) is 1. The number of aromatic nitrogens is 2. The SMILES string of the molecule is CCS(=O)(=O)N1CCC(CCOC)(c2noc(-c3ccc(F)cc3)n2)CC1. The predicted molar refractivity (Wildman–Crippen MR) is 98.1 cm³/mol. The van der Waals surface area contributed by atoms with Gasteiger partial charge in [-0.2, -0.15) is 4.98 Å². The van der Waals surface area contributed by atoms with Crippen molar-refractivity contribution < 1.29 is 22.1 Å². The lowest BCUT2D eigenvalue weighted by molar-refractivity contribution is 0.132. The van der Waals surface area contributed by atoms with Crippen molar-refractivity contribution in [3.63, 3.8) is 0 Å². The summed E-state index contributed by atoms with van der Waals surface area (Å²) in [6, 6.07) is 5.86. The standard InChI is InChI=1S/C18H24FN3O4S/c1-3-27(23,24)22-11-8-18(9-12-22,10-13-25-2)17-20-16(26-21-17)14-4-6-15(19)7-5-14/h4-7H,3,8-13H2,1-2H3. The highest BCUT2D eigenvalue weighted by Crippen LogP contribution is 2.38. The molecule has 0 atom stereocenters. The van der Waals surface area contributed by atoms with Gasteiger partial charge in [0.25, 0.3) is 5.89 Å². The fraction of sp³-hybridized carbons (Fsp3) is 0.556. The zero-order chi connectivity index (χ0) is 19.5. The summed E-state index contributed by atoms with van der Waals surface area (Å²) in [5.74, 6) is 0.632. The summed E-state index contributed by atoms with van der Waals surface area (Å²) < 4.78 is 49.6. The molecular formula is C18H24FN3O4S. The molecule has 148 valence electrons. The molecule has 1 fully saturated rings. The summed E-state index contributed by atoms with van der Waals surface area (Å²) in [7, 11) is -1.58. The molecule has 1 aromatic carbocycles. The molecule has 1 aliphatic heterocycles. The van der Waals surface area contributed by atoms with Crippen molar-refractivity contribution in [3.05, 3.63) is 35.9 Å². The molecule has 0 N–H and O–H groups in total. The lowest BCUT2D eigenvalue weighted by Crippen LogP contribution is -2.46. The minimum absolute atomic E-state index is 0.0923. The summed E-state index contributed by atoms with van der Waals surface area (Å²) in [6.45, 7) is 3.00. The molecule has 1 aliphatic rings. The highest BCUT2D eigenvalue weighted by molar-refractivity contribution is 7.89. The first-order valence-electron chi connectivity index (χ1n) is 8.97. The van der Waals surface area contributed by atoms with Gasteiger partial charge in [-0.25, -0.2) is 17.1 Å². The van der Waals surface area contributed by atoms with Crippen LogP contribution < -0.4 is 0 Å². The maximum atomic E-state index is 13.1. The van der Waals surface area contributed by atoms with Crippen molar-refractivity contribution >= 4 is 10.0 Å². The monoisotopic (exact) mass is 397 g/mol.